The molecule has 4 aromatic rings. The van der Waals surface area contributed by atoms with E-state index in [0.717, 1.165) is 22.0 Å². The van der Waals surface area contributed by atoms with E-state index < -0.39 is 0 Å². The molecule has 0 bridgehead atoms. The number of hydrogen-bond donors (Lipinski definition) is 1. The molecule has 0 aliphatic heterocycles. The summed E-state index contributed by atoms with van der Waals surface area (Å²) in [7, 11) is 0. The van der Waals surface area contributed by atoms with E-state index >= 15 is 0 Å². The van der Waals surface area contributed by atoms with Gasteiger partial charge in [-0.25, -0.2) is 0 Å². The van der Waals surface area contributed by atoms with Gasteiger partial charge in [0.1, 0.15) is 23.9 Å². The number of nitrogens with one attached hydrogen (secondary N) is 1. The first-order valence-corrected chi connectivity index (χ1v) is 10.2. The Balaban J connectivity index is 1.68. The molecule has 1 amide bonds. The van der Waals surface area contributed by atoms with E-state index in [1.807, 2.05) is 81.4 Å². The number of carbonyl (C=O) groups is 1. The number of hydrogen-bond acceptors (Lipinski definition) is 5. The lowest BCUT2D eigenvalue weighted by atomic mass is 10.0. The summed E-state index contributed by atoms with van der Waals surface area (Å²) >= 11 is 0. The zero-order valence-electron chi connectivity index (χ0n) is 17.8. The maximum atomic E-state index is 13.3. The Morgan fingerprint density at radius 2 is 1.68 bits per heavy atom. The molecule has 1 heterocycles. The van der Waals surface area contributed by atoms with E-state index in [0.29, 0.717) is 35.1 Å². The first-order valence-electron chi connectivity index (χ1n) is 10.2. The van der Waals surface area contributed by atoms with Gasteiger partial charge in [-0.05, 0) is 55.8 Å². The Kier molecular flexibility index (Phi) is 5.89. The lowest BCUT2D eigenvalue weighted by Gasteiger charge is -2.15. The predicted octanol–water partition coefficient (Wildman–Crippen LogP) is 5.67. The number of ether oxygens (including phenoxy) is 2. The van der Waals surface area contributed by atoms with E-state index in [2.05, 4.69) is 10.5 Å². The molecule has 3 aromatic carbocycles. The van der Waals surface area contributed by atoms with Gasteiger partial charge in [-0.1, -0.05) is 41.6 Å². The van der Waals surface area contributed by atoms with E-state index in [1.54, 1.807) is 0 Å². The fraction of sp³-hybridized carbons (Fsp3) is 0.200. The zero-order chi connectivity index (χ0) is 21.8. The van der Waals surface area contributed by atoms with Crippen molar-refractivity contribution in [2.24, 2.45) is 0 Å². The maximum absolute atomic E-state index is 13.3. The molecule has 31 heavy (non-hydrogen) atoms. The molecule has 6 heteroatoms. The standard InChI is InChI=1S/C25H24N2O4/c1-4-29-23-12-8-7-11-22(23)26-25(28)20-13-18-9-5-6-10-19(18)14-24(20)30-15-21-16(2)27-31-17(21)3/h5-14H,4,15H2,1-3H3,(H,26,28). The molecular weight excluding hydrogens is 392 g/mol. The first-order chi connectivity index (χ1) is 15.1. The van der Waals surface area contributed by atoms with Gasteiger partial charge >= 0.3 is 0 Å². The minimum atomic E-state index is -0.272. The lowest BCUT2D eigenvalue weighted by molar-refractivity contribution is 0.102. The molecule has 0 radical (unpaired) electrons. The number of amides is 1. The lowest BCUT2D eigenvalue weighted by Crippen LogP contribution is -2.15. The van der Waals surface area contributed by atoms with Crippen LogP contribution in [0.15, 0.2) is 65.2 Å². The minimum absolute atomic E-state index is 0.259. The highest BCUT2D eigenvalue weighted by Gasteiger charge is 2.18. The summed E-state index contributed by atoms with van der Waals surface area (Å²) in [4.78, 5) is 13.3. The van der Waals surface area contributed by atoms with Crippen molar-refractivity contribution in [1.82, 2.24) is 5.16 Å². The van der Waals surface area contributed by atoms with Gasteiger partial charge < -0.3 is 19.3 Å². The van der Waals surface area contributed by atoms with Crippen LogP contribution in [0, 0.1) is 13.8 Å². The van der Waals surface area contributed by atoms with Crippen molar-refractivity contribution in [3.63, 3.8) is 0 Å². The van der Waals surface area contributed by atoms with Gasteiger partial charge in [-0.15, -0.1) is 0 Å². The molecule has 0 spiro atoms. The third-order valence-electron chi connectivity index (χ3n) is 5.08. The second kappa shape index (κ2) is 8.92. The maximum Gasteiger partial charge on any atom is 0.259 e. The van der Waals surface area contributed by atoms with Crippen LogP contribution in [0.5, 0.6) is 11.5 Å². The molecule has 0 aliphatic rings. The van der Waals surface area contributed by atoms with Crippen molar-refractivity contribution in [3.05, 3.63) is 83.2 Å². The van der Waals surface area contributed by atoms with Gasteiger partial charge in [0, 0.05) is 0 Å². The van der Waals surface area contributed by atoms with Crippen LogP contribution >= 0.6 is 0 Å². The summed E-state index contributed by atoms with van der Waals surface area (Å²) in [6, 6.07) is 19.0. The van der Waals surface area contributed by atoms with Crippen LogP contribution in [-0.2, 0) is 6.61 Å². The largest absolute Gasteiger partial charge is 0.492 e. The van der Waals surface area contributed by atoms with Gasteiger partial charge in [0.15, 0.2) is 0 Å². The van der Waals surface area contributed by atoms with Gasteiger partial charge in [-0.3, -0.25) is 4.79 Å². The number of benzene rings is 3. The molecule has 6 nitrogen and oxygen atoms in total. The number of carbonyl (C=O) groups excluding carboxylic acids is 1. The topological polar surface area (TPSA) is 73.6 Å². The van der Waals surface area contributed by atoms with Crippen LogP contribution in [0.1, 0.15) is 34.3 Å². The number of fused-ring (bicyclic) bond motifs is 1. The van der Waals surface area contributed by atoms with Gasteiger partial charge in [0.2, 0.25) is 0 Å². The van der Waals surface area contributed by atoms with Crippen LogP contribution < -0.4 is 14.8 Å². The van der Waals surface area contributed by atoms with E-state index in [4.69, 9.17) is 14.0 Å². The van der Waals surface area contributed by atoms with Crippen molar-refractivity contribution < 1.29 is 18.8 Å². The van der Waals surface area contributed by atoms with Crippen LogP contribution in [0.25, 0.3) is 10.8 Å². The number of rotatable bonds is 7. The average Bonchev–Trinajstić information content (AvgIpc) is 3.10. The Morgan fingerprint density at radius 1 is 0.968 bits per heavy atom. The van der Waals surface area contributed by atoms with Crippen molar-refractivity contribution in [2.45, 2.75) is 27.4 Å². The van der Waals surface area contributed by atoms with Crippen LogP contribution in [0.3, 0.4) is 0 Å². The van der Waals surface area contributed by atoms with Gasteiger partial charge in [0.25, 0.3) is 5.91 Å². The molecule has 0 atom stereocenters. The summed E-state index contributed by atoms with van der Waals surface area (Å²) in [5.41, 5.74) is 2.70. The Labute approximate surface area is 180 Å². The molecular formula is C25H24N2O4. The van der Waals surface area contributed by atoms with Crippen LogP contribution in [0.2, 0.25) is 0 Å². The molecule has 0 saturated heterocycles. The third kappa shape index (κ3) is 4.38. The number of anilines is 1. The molecule has 1 N–H and O–H groups in total. The number of aryl methyl sites for hydroxylation is 2. The molecule has 0 unspecified atom stereocenters. The molecule has 0 saturated carbocycles. The average molecular weight is 416 g/mol. The van der Waals surface area contributed by atoms with E-state index in [9.17, 15) is 4.79 Å². The van der Waals surface area contributed by atoms with E-state index in [-0.39, 0.29) is 12.5 Å². The second-order valence-electron chi connectivity index (χ2n) is 7.17. The quantitative estimate of drug-likeness (QED) is 0.420. The van der Waals surface area contributed by atoms with E-state index in [1.165, 1.54) is 0 Å². The van der Waals surface area contributed by atoms with Crippen molar-refractivity contribution >= 4 is 22.4 Å². The van der Waals surface area contributed by atoms with Crippen molar-refractivity contribution in [3.8, 4) is 11.5 Å². The van der Waals surface area contributed by atoms with Crippen molar-refractivity contribution in [1.29, 1.82) is 0 Å². The van der Waals surface area contributed by atoms with Crippen molar-refractivity contribution in [2.75, 3.05) is 11.9 Å². The monoisotopic (exact) mass is 416 g/mol. The Hall–Kier alpha value is -3.80. The summed E-state index contributed by atoms with van der Waals surface area (Å²) in [5, 5.41) is 8.87. The molecule has 0 fully saturated rings. The summed E-state index contributed by atoms with van der Waals surface area (Å²) < 4.78 is 17.0. The van der Waals surface area contributed by atoms with Gasteiger partial charge in [-0.2, -0.15) is 0 Å². The smallest absolute Gasteiger partial charge is 0.259 e. The van der Waals surface area contributed by atoms with Crippen LogP contribution in [-0.4, -0.2) is 17.7 Å². The zero-order valence-corrected chi connectivity index (χ0v) is 17.8. The summed E-state index contributed by atoms with van der Waals surface area (Å²) in [6.45, 7) is 6.39. The number of nitrogens with zero attached hydrogens (tertiary/aromatic N) is 1. The SMILES string of the molecule is CCOc1ccccc1NC(=O)c1cc2ccccc2cc1OCc1c(C)noc1C. The summed E-state index contributed by atoms with van der Waals surface area (Å²) in [5.74, 6) is 1.55. The highest BCUT2D eigenvalue weighted by atomic mass is 16.5. The molecule has 158 valence electrons. The first kappa shape index (κ1) is 20.5. The molecule has 1 aromatic heterocycles. The summed E-state index contributed by atoms with van der Waals surface area (Å²) in [6.07, 6.45) is 0. The number of para-hydroxylation sites is 2. The Morgan fingerprint density at radius 3 is 2.39 bits per heavy atom. The molecule has 0 aliphatic carbocycles. The third-order valence-corrected chi connectivity index (χ3v) is 5.08. The predicted molar refractivity (Wildman–Crippen MR) is 120 cm³/mol. The second-order valence-corrected chi connectivity index (χ2v) is 7.17. The Bertz CT molecular complexity index is 1210. The molecule has 4 rings (SSSR count). The fourth-order valence-corrected chi connectivity index (χ4v) is 3.42. The highest BCUT2D eigenvalue weighted by molar-refractivity contribution is 6.09. The minimum Gasteiger partial charge on any atom is -0.492 e. The highest BCUT2D eigenvalue weighted by Crippen LogP contribution is 2.30. The van der Waals surface area contributed by atoms with Gasteiger partial charge in [0.05, 0.1) is 29.1 Å². The van der Waals surface area contributed by atoms with Crippen LogP contribution in [0.4, 0.5) is 5.69 Å². The fourth-order valence-electron chi connectivity index (χ4n) is 3.42. The number of aromatic nitrogens is 1. The normalized spacial score (nSPS) is 10.8.